The van der Waals surface area contributed by atoms with Gasteiger partial charge < -0.3 is 20.1 Å². The van der Waals surface area contributed by atoms with Crippen LogP contribution in [-0.2, 0) is 4.74 Å². The molecule has 0 spiro atoms. The monoisotopic (exact) mass is 286 g/mol. The van der Waals surface area contributed by atoms with Crippen LogP contribution >= 0.6 is 0 Å². The molecule has 0 bridgehead atoms. The lowest BCUT2D eigenvalue weighted by Gasteiger charge is -2.04. The molecular weight excluding hydrogens is 272 g/mol. The summed E-state index contributed by atoms with van der Waals surface area (Å²) < 4.78 is 4.57. The number of phenols is 3. The van der Waals surface area contributed by atoms with Crippen LogP contribution in [0.1, 0.15) is 21.5 Å². The second kappa shape index (κ2) is 6.00. The van der Waals surface area contributed by atoms with Crippen LogP contribution in [-0.4, -0.2) is 28.4 Å². The van der Waals surface area contributed by atoms with Crippen molar-refractivity contribution in [3.8, 4) is 17.2 Å². The Labute approximate surface area is 121 Å². The summed E-state index contributed by atoms with van der Waals surface area (Å²) >= 11 is 0. The van der Waals surface area contributed by atoms with Crippen molar-refractivity contribution in [2.45, 2.75) is 0 Å². The van der Waals surface area contributed by atoms with Crippen molar-refractivity contribution >= 4 is 18.1 Å². The molecule has 108 valence electrons. The molecule has 0 unspecified atom stereocenters. The van der Waals surface area contributed by atoms with Crippen molar-refractivity contribution in [2.24, 2.45) is 0 Å². The predicted octanol–water partition coefficient (Wildman–Crippen LogP) is 2.76. The van der Waals surface area contributed by atoms with E-state index >= 15 is 0 Å². The van der Waals surface area contributed by atoms with E-state index in [1.807, 2.05) is 0 Å². The molecule has 2 aromatic carbocycles. The number of phenolic OH excluding ortho intramolecular Hbond substituents is 3. The number of hydrogen-bond acceptors (Lipinski definition) is 5. The first-order valence-electron chi connectivity index (χ1n) is 6.12. The summed E-state index contributed by atoms with van der Waals surface area (Å²) in [6, 6.07) is 8.63. The van der Waals surface area contributed by atoms with E-state index in [-0.39, 0.29) is 22.8 Å². The second-order valence-corrected chi connectivity index (χ2v) is 4.34. The van der Waals surface area contributed by atoms with Crippen LogP contribution in [0.2, 0.25) is 0 Å². The fourth-order valence-electron chi connectivity index (χ4n) is 1.79. The van der Waals surface area contributed by atoms with Crippen LogP contribution in [0.15, 0.2) is 36.4 Å². The van der Waals surface area contributed by atoms with Crippen molar-refractivity contribution in [1.29, 1.82) is 0 Å². The molecule has 0 aliphatic carbocycles. The molecule has 0 radical (unpaired) electrons. The van der Waals surface area contributed by atoms with Crippen LogP contribution < -0.4 is 0 Å². The second-order valence-electron chi connectivity index (χ2n) is 4.34. The van der Waals surface area contributed by atoms with Crippen LogP contribution in [0.5, 0.6) is 17.2 Å². The van der Waals surface area contributed by atoms with E-state index in [9.17, 15) is 20.1 Å². The van der Waals surface area contributed by atoms with Crippen LogP contribution in [0.4, 0.5) is 0 Å². The summed E-state index contributed by atoms with van der Waals surface area (Å²) in [5.74, 6) is -0.744. The van der Waals surface area contributed by atoms with E-state index in [1.165, 1.54) is 37.4 Å². The lowest BCUT2D eigenvalue weighted by atomic mass is 10.1. The predicted molar refractivity (Wildman–Crippen MR) is 78.1 cm³/mol. The van der Waals surface area contributed by atoms with Gasteiger partial charge in [0.25, 0.3) is 0 Å². The molecule has 0 saturated carbocycles. The summed E-state index contributed by atoms with van der Waals surface area (Å²) in [4.78, 5) is 11.5. The number of rotatable bonds is 3. The maximum Gasteiger partial charge on any atom is 0.341 e. The van der Waals surface area contributed by atoms with E-state index in [0.717, 1.165) is 0 Å². The number of ether oxygens (including phenoxy) is 1. The van der Waals surface area contributed by atoms with Gasteiger partial charge in [0, 0.05) is 5.56 Å². The Morgan fingerprint density at radius 2 is 1.71 bits per heavy atom. The first-order valence-corrected chi connectivity index (χ1v) is 6.12. The number of hydrogen-bond donors (Lipinski definition) is 3. The van der Waals surface area contributed by atoms with Gasteiger partial charge in [0.1, 0.15) is 22.8 Å². The van der Waals surface area contributed by atoms with Crippen molar-refractivity contribution in [3.63, 3.8) is 0 Å². The molecule has 5 heteroatoms. The minimum absolute atomic E-state index is 0.0241. The molecule has 0 atom stereocenters. The zero-order valence-electron chi connectivity index (χ0n) is 11.3. The van der Waals surface area contributed by atoms with Crippen molar-refractivity contribution in [2.75, 3.05) is 7.11 Å². The quantitative estimate of drug-likeness (QED) is 0.459. The van der Waals surface area contributed by atoms with Gasteiger partial charge in [-0.15, -0.1) is 0 Å². The molecule has 2 aromatic rings. The summed E-state index contributed by atoms with van der Waals surface area (Å²) in [5, 5.41) is 28.6. The lowest BCUT2D eigenvalue weighted by Crippen LogP contribution is -2.01. The number of esters is 1. The third-order valence-electron chi connectivity index (χ3n) is 2.89. The highest BCUT2D eigenvalue weighted by molar-refractivity contribution is 5.93. The fraction of sp³-hybridized carbons (Fsp3) is 0.0625. The van der Waals surface area contributed by atoms with Crippen LogP contribution in [0.25, 0.3) is 12.2 Å². The van der Waals surface area contributed by atoms with Gasteiger partial charge in [0.05, 0.1) is 7.11 Å². The average molecular weight is 286 g/mol. The van der Waals surface area contributed by atoms with E-state index in [1.54, 1.807) is 18.2 Å². The minimum atomic E-state index is -0.636. The van der Waals surface area contributed by atoms with Crippen LogP contribution in [0.3, 0.4) is 0 Å². The maximum absolute atomic E-state index is 11.5. The molecule has 0 aliphatic heterocycles. The summed E-state index contributed by atoms with van der Waals surface area (Å²) in [7, 11) is 1.23. The van der Waals surface area contributed by atoms with Crippen LogP contribution in [0, 0.1) is 0 Å². The topological polar surface area (TPSA) is 87.0 Å². The van der Waals surface area contributed by atoms with Gasteiger partial charge in [-0.25, -0.2) is 4.79 Å². The molecule has 0 amide bonds. The standard InChI is InChI=1S/C16H14O5/c1-21-16(20)13-8-10(3-6-15(13)19)2-4-11-9-12(17)5-7-14(11)18/h2-9,17-19H,1H3/b4-2+. The highest BCUT2D eigenvalue weighted by Crippen LogP contribution is 2.25. The number of benzene rings is 2. The SMILES string of the molecule is COC(=O)c1cc(/C=C/c2cc(O)ccc2O)ccc1O. The smallest absolute Gasteiger partial charge is 0.341 e. The summed E-state index contributed by atoms with van der Waals surface area (Å²) in [6.07, 6.45) is 3.23. The molecule has 0 saturated heterocycles. The number of carbonyl (C=O) groups is 1. The first kappa shape index (κ1) is 14.5. The van der Waals surface area contributed by atoms with E-state index in [0.29, 0.717) is 11.1 Å². The van der Waals surface area contributed by atoms with Crippen molar-refractivity contribution < 1.29 is 24.9 Å². The molecule has 0 aromatic heterocycles. The van der Waals surface area contributed by atoms with E-state index in [2.05, 4.69) is 4.74 Å². The van der Waals surface area contributed by atoms with Gasteiger partial charge in [-0.1, -0.05) is 18.2 Å². The van der Waals surface area contributed by atoms with Gasteiger partial charge in [-0.05, 0) is 35.9 Å². The fourth-order valence-corrected chi connectivity index (χ4v) is 1.79. The maximum atomic E-state index is 11.5. The van der Waals surface area contributed by atoms with Gasteiger partial charge in [-0.3, -0.25) is 0 Å². The average Bonchev–Trinajstić information content (AvgIpc) is 2.48. The normalized spacial score (nSPS) is 10.7. The molecule has 2 rings (SSSR count). The Hall–Kier alpha value is -2.95. The number of carbonyl (C=O) groups excluding carboxylic acids is 1. The van der Waals surface area contributed by atoms with Gasteiger partial charge in [0.15, 0.2) is 0 Å². The largest absolute Gasteiger partial charge is 0.508 e. The van der Waals surface area contributed by atoms with Gasteiger partial charge in [-0.2, -0.15) is 0 Å². The lowest BCUT2D eigenvalue weighted by molar-refractivity contribution is 0.0597. The summed E-state index contributed by atoms with van der Waals surface area (Å²) in [5.41, 5.74) is 1.12. The van der Waals surface area contributed by atoms with Gasteiger partial charge >= 0.3 is 5.97 Å². The zero-order chi connectivity index (χ0) is 15.4. The van der Waals surface area contributed by atoms with Crippen molar-refractivity contribution in [1.82, 2.24) is 0 Å². The Bertz CT molecular complexity index is 704. The summed E-state index contributed by atoms with van der Waals surface area (Å²) in [6.45, 7) is 0. The highest BCUT2D eigenvalue weighted by atomic mass is 16.5. The molecule has 3 N–H and O–H groups in total. The molecule has 21 heavy (non-hydrogen) atoms. The van der Waals surface area contributed by atoms with E-state index < -0.39 is 5.97 Å². The number of aromatic hydroxyl groups is 3. The first-order chi connectivity index (χ1) is 10.0. The number of methoxy groups -OCH3 is 1. The van der Waals surface area contributed by atoms with E-state index in [4.69, 9.17) is 0 Å². The molecular formula is C16H14O5. The molecule has 0 aliphatic rings. The molecule has 0 fully saturated rings. The highest BCUT2D eigenvalue weighted by Gasteiger charge is 2.11. The third-order valence-corrected chi connectivity index (χ3v) is 2.89. The third kappa shape index (κ3) is 3.33. The minimum Gasteiger partial charge on any atom is -0.508 e. The Balaban J connectivity index is 2.33. The Morgan fingerprint density at radius 3 is 2.43 bits per heavy atom. The molecule has 0 heterocycles. The Morgan fingerprint density at radius 1 is 1.00 bits per heavy atom. The molecule has 5 nitrogen and oxygen atoms in total. The zero-order valence-corrected chi connectivity index (χ0v) is 11.3. The van der Waals surface area contributed by atoms with Gasteiger partial charge in [0.2, 0.25) is 0 Å². The van der Waals surface area contributed by atoms with Crippen molar-refractivity contribution in [3.05, 3.63) is 53.1 Å². The Kier molecular flexibility index (Phi) is 4.13.